The molecule has 1 aliphatic rings. The van der Waals surface area contributed by atoms with Crippen molar-refractivity contribution in [1.29, 1.82) is 0 Å². The minimum atomic E-state index is -5.02. The molecule has 2 aromatic rings. The van der Waals surface area contributed by atoms with E-state index in [0.717, 1.165) is 16.9 Å². The second kappa shape index (κ2) is 6.94. The molecule has 0 aliphatic carbocycles. The lowest BCUT2D eigenvalue weighted by Gasteiger charge is -2.31. The van der Waals surface area contributed by atoms with Crippen LogP contribution >= 0.6 is 0 Å². The number of primary amides is 1. The molecule has 3 rings (SSSR count). The van der Waals surface area contributed by atoms with Crippen molar-refractivity contribution in [3.8, 4) is 0 Å². The third-order valence-electron chi connectivity index (χ3n) is 4.22. The Morgan fingerprint density at radius 1 is 1.35 bits per heavy atom. The van der Waals surface area contributed by atoms with Crippen LogP contribution in [0.3, 0.4) is 0 Å². The van der Waals surface area contributed by atoms with E-state index < -0.39 is 18.1 Å². The lowest BCUT2D eigenvalue weighted by molar-refractivity contribution is -0.243. The third-order valence-corrected chi connectivity index (χ3v) is 4.22. The molecule has 1 aromatic carbocycles. The van der Waals surface area contributed by atoms with Crippen molar-refractivity contribution in [3.63, 3.8) is 0 Å². The zero-order valence-electron chi connectivity index (χ0n) is 13.7. The predicted octanol–water partition coefficient (Wildman–Crippen LogP) is 1.87. The Morgan fingerprint density at radius 3 is 2.81 bits per heavy atom. The number of hydrogen-bond acceptors (Lipinski definition) is 5. The van der Waals surface area contributed by atoms with Gasteiger partial charge in [0.25, 0.3) is 5.91 Å². The van der Waals surface area contributed by atoms with E-state index in [1.54, 1.807) is 29.1 Å². The maximum absolute atomic E-state index is 12.3. The molecule has 1 unspecified atom stereocenters. The van der Waals surface area contributed by atoms with E-state index in [0.29, 0.717) is 24.0 Å². The number of rotatable bonds is 4. The summed E-state index contributed by atoms with van der Waals surface area (Å²) in [6, 6.07) is 5.08. The van der Waals surface area contributed by atoms with Gasteiger partial charge in [-0.1, -0.05) is 12.1 Å². The lowest BCUT2D eigenvalue weighted by atomic mass is 9.99. The first-order valence-corrected chi connectivity index (χ1v) is 8.04. The zero-order valence-corrected chi connectivity index (χ0v) is 13.7. The van der Waals surface area contributed by atoms with E-state index >= 15 is 0 Å². The van der Waals surface area contributed by atoms with Gasteiger partial charge >= 0.3 is 12.1 Å². The van der Waals surface area contributed by atoms with Crippen LogP contribution in [0, 0.1) is 5.92 Å². The zero-order chi connectivity index (χ0) is 18.9. The minimum Gasteiger partial charge on any atom is -0.366 e. The number of halogens is 3. The monoisotopic (exact) mass is 370 g/mol. The Balaban J connectivity index is 1.69. The first kappa shape index (κ1) is 18.2. The Bertz CT molecular complexity index is 834. The number of benzene rings is 1. The van der Waals surface area contributed by atoms with Crippen molar-refractivity contribution in [1.82, 2.24) is 14.8 Å². The largest absolute Gasteiger partial charge is 0.492 e. The van der Waals surface area contributed by atoms with Crippen LogP contribution in [0.15, 0.2) is 24.4 Å². The van der Waals surface area contributed by atoms with Gasteiger partial charge < -0.3 is 10.6 Å². The highest BCUT2D eigenvalue weighted by atomic mass is 19.4. The van der Waals surface area contributed by atoms with Crippen LogP contribution in [0.5, 0.6) is 0 Å². The molecule has 140 valence electrons. The first-order valence-electron chi connectivity index (χ1n) is 8.04. The van der Waals surface area contributed by atoms with Gasteiger partial charge in [-0.25, -0.2) is 4.79 Å². The maximum atomic E-state index is 12.3. The molecule has 0 saturated carbocycles. The fourth-order valence-electron chi connectivity index (χ4n) is 3.08. The van der Waals surface area contributed by atoms with Gasteiger partial charge in [-0.3, -0.25) is 9.48 Å². The van der Waals surface area contributed by atoms with Gasteiger partial charge in [0.2, 0.25) is 0 Å². The number of hydroxylamine groups is 2. The third kappa shape index (κ3) is 3.96. The molecule has 0 radical (unpaired) electrons. The molecule has 1 atom stereocenters. The molecular formula is C16H17F3N4O3. The van der Waals surface area contributed by atoms with E-state index in [1.165, 1.54) is 0 Å². The number of aromatic nitrogens is 2. The molecule has 2 N–H and O–H groups in total. The Kier molecular flexibility index (Phi) is 4.86. The summed E-state index contributed by atoms with van der Waals surface area (Å²) in [7, 11) is 0. The molecule has 1 amide bonds. The number of hydrogen-bond donors (Lipinski definition) is 1. The SMILES string of the molecule is NC(=O)c1cccc2cn(CC3CCCN(OC(=O)C(F)(F)F)C3)nc12. The van der Waals surface area contributed by atoms with Crippen LogP contribution in [0.25, 0.3) is 10.9 Å². The number of piperidine rings is 1. The normalized spacial score (nSPS) is 18.8. The van der Waals surface area contributed by atoms with Crippen molar-refractivity contribution in [2.24, 2.45) is 11.7 Å². The number of nitrogens with two attached hydrogens (primary N) is 1. The average molecular weight is 370 g/mol. The number of amides is 1. The van der Waals surface area contributed by atoms with Crippen molar-refractivity contribution in [3.05, 3.63) is 30.0 Å². The fraction of sp³-hybridized carbons (Fsp3) is 0.438. The molecule has 2 heterocycles. The van der Waals surface area contributed by atoms with E-state index in [9.17, 15) is 22.8 Å². The highest BCUT2D eigenvalue weighted by Gasteiger charge is 2.43. The Hall–Kier alpha value is -2.62. The number of fused-ring (bicyclic) bond motifs is 1. The predicted molar refractivity (Wildman–Crippen MR) is 84.7 cm³/mol. The van der Waals surface area contributed by atoms with Crippen LogP contribution in [-0.2, 0) is 16.2 Å². The summed E-state index contributed by atoms with van der Waals surface area (Å²) >= 11 is 0. The molecule has 7 nitrogen and oxygen atoms in total. The highest BCUT2D eigenvalue weighted by Crippen LogP contribution is 2.23. The maximum Gasteiger partial charge on any atom is 0.492 e. The van der Waals surface area contributed by atoms with Crippen LogP contribution in [0.2, 0.25) is 0 Å². The molecule has 1 saturated heterocycles. The van der Waals surface area contributed by atoms with Gasteiger partial charge in [0, 0.05) is 31.2 Å². The van der Waals surface area contributed by atoms with Crippen molar-refractivity contribution < 1.29 is 27.6 Å². The lowest BCUT2D eigenvalue weighted by Crippen LogP contribution is -2.41. The smallest absolute Gasteiger partial charge is 0.366 e. The second-order valence-electron chi connectivity index (χ2n) is 6.23. The summed E-state index contributed by atoms with van der Waals surface area (Å²) in [5, 5.41) is 6.15. The van der Waals surface area contributed by atoms with E-state index in [2.05, 4.69) is 9.94 Å². The van der Waals surface area contributed by atoms with Crippen molar-refractivity contribution in [2.75, 3.05) is 13.1 Å². The molecule has 26 heavy (non-hydrogen) atoms. The number of carbonyl (C=O) groups is 2. The number of carbonyl (C=O) groups excluding carboxylic acids is 2. The Labute approximate surface area is 146 Å². The van der Waals surface area contributed by atoms with Crippen molar-refractivity contribution in [2.45, 2.75) is 25.6 Å². The second-order valence-corrected chi connectivity index (χ2v) is 6.23. The van der Waals surface area contributed by atoms with Gasteiger partial charge in [-0.15, -0.1) is 5.06 Å². The van der Waals surface area contributed by atoms with Crippen LogP contribution < -0.4 is 5.73 Å². The highest BCUT2D eigenvalue weighted by molar-refractivity contribution is 6.04. The molecular weight excluding hydrogens is 353 g/mol. The van der Waals surface area contributed by atoms with Crippen LogP contribution in [-0.4, -0.2) is 46.0 Å². The summed E-state index contributed by atoms with van der Waals surface area (Å²) in [5.74, 6) is -2.84. The van der Waals surface area contributed by atoms with Gasteiger partial charge in [0.05, 0.1) is 5.56 Å². The molecule has 1 aromatic heterocycles. The Morgan fingerprint density at radius 2 is 2.12 bits per heavy atom. The van der Waals surface area contributed by atoms with E-state index in [1.807, 2.05) is 0 Å². The van der Waals surface area contributed by atoms with Gasteiger partial charge in [-0.2, -0.15) is 18.3 Å². The number of alkyl halides is 3. The molecule has 1 fully saturated rings. The van der Waals surface area contributed by atoms with Crippen LogP contribution in [0.1, 0.15) is 23.2 Å². The van der Waals surface area contributed by atoms with Gasteiger partial charge in [0.15, 0.2) is 0 Å². The summed E-state index contributed by atoms with van der Waals surface area (Å²) in [4.78, 5) is 26.8. The first-order chi connectivity index (χ1) is 12.2. The van der Waals surface area contributed by atoms with E-state index in [-0.39, 0.29) is 19.0 Å². The minimum absolute atomic E-state index is 0.0453. The van der Waals surface area contributed by atoms with E-state index in [4.69, 9.17) is 5.73 Å². The fourth-order valence-corrected chi connectivity index (χ4v) is 3.08. The quantitative estimate of drug-likeness (QED) is 0.887. The molecule has 10 heteroatoms. The molecule has 0 bridgehead atoms. The standard InChI is InChI=1S/C16H17F3N4O3/c17-16(18,19)15(25)26-23-6-2-3-10(8-23)7-22-9-11-4-1-5-12(14(20)24)13(11)21-22/h1,4-5,9-10H,2-3,6-8H2,(H2,20,24). The topological polar surface area (TPSA) is 90.5 Å². The molecule has 0 spiro atoms. The summed E-state index contributed by atoms with van der Waals surface area (Å²) in [5.41, 5.74) is 6.13. The van der Waals surface area contributed by atoms with Crippen LogP contribution in [0.4, 0.5) is 13.2 Å². The number of nitrogens with zero attached hydrogens (tertiary/aromatic N) is 3. The average Bonchev–Trinajstić information content (AvgIpc) is 2.96. The van der Waals surface area contributed by atoms with Crippen molar-refractivity contribution >= 4 is 22.8 Å². The summed E-state index contributed by atoms with van der Waals surface area (Å²) in [6.07, 6.45) is -1.90. The summed E-state index contributed by atoms with van der Waals surface area (Å²) < 4.78 is 38.6. The molecule has 1 aliphatic heterocycles. The summed E-state index contributed by atoms with van der Waals surface area (Å²) in [6.45, 7) is 0.860. The van der Waals surface area contributed by atoms with Gasteiger partial charge in [-0.05, 0) is 24.8 Å². The van der Waals surface area contributed by atoms with Gasteiger partial charge in [0.1, 0.15) is 5.52 Å².